The molecule has 1 aromatic heterocycles. The van der Waals surface area contributed by atoms with Crippen LogP contribution in [-0.2, 0) is 13.0 Å². The van der Waals surface area contributed by atoms with E-state index >= 15 is 0 Å². The minimum atomic E-state index is -0.194. The maximum Gasteiger partial charge on any atom is 0.254 e. The molecule has 0 saturated heterocycles. The fraction of sp³-hybridized carbons (Fsp3) is 0.227. The minimum absolute atomic E-state index is 0.194. The largest absolute Gasteiger partial charge is 0.496 e. The van der Waals surface area contributed by atoms with Gasteiger partial charge in [0.05, 0.1) is 12.7 Å². The van der Waals surface area contributed by atoms with Crippen LogP contribution in [0.2, 0.25) is 0 Å². The van der Waals surface area contributed by atoms with Crippen molar-refractivity contribution in [3.8, 4) is 5.75 Å². The second-order valence-corrected chi connectivity index (χ2v) is 6.45. The summed E-state index contributed by atoms with van der Waals surface area (Å²) in [6.45, 7) is 3.19. The molecule has 6 nitrogen and oxygen atoms in total. The van der Waals surface area contributed by atoms with Crippen LogP contribution in [0, 0.1) is 6.92 Å². The van der Waals surface area contributed by atoms with Crippen LogP contribution < -0.4 is 15.4 Å². The van der Waals surface area contributed by atoms with Crippen LogP contribution in [0.4, 0.5) is 5.95 Å². The standard InChI is InChI=1S/C22H24N4O2/c1-16-7-9-17(10-8-16)13-24-22-25-14-19(15-26-22)21(27)23-12-11-18-5-3-4-6-20(18)28-2/h3-10,14-15H,11-13H2,1-2H3,(H,23,27)(H,24,25,26). The highest BCUT2D eigenvalue weighted by Crippen LogP contribution is 2.17. The van der Waals surface area contributed by atoms with Crippen LogP contribution in [0.5, 0.6) is 5.75 Å². The van der Waals surface area contributed by atoms with Crippen molar-refractivity contribution < 1.29 is 9.53 Å². The quantitative estimate of drug-likeness (QED) is 0.630. The Bertz CT molecular complexity index is 909. The molecule has 0 aliphatic rings. The highest BCUT2D eigenvalue weighted by Gasteiger charge is 2.08. The summed E-state index contributed by atoms with van der Waals surface area (Å²) >= 11 is 0. The van der Waals surface area contributed by atoms with Crippen molar-refractivity contribution in [2.75, 3.05) is 19.0 Å². The number of methoxy groups -OCH3 is 1. The molecule has 0 spiro atoms. The van der Waals surface area contributed by atoms with Gasteiger partial charge in [-0.15, -0.1) is 0 Å². The zero-order valence-corrected chi connectivity index (χ0v) is 16.1. The number of rotatable bonds is 8. The van der Waals surface area contributed by atoms with E-state index in [1.165, 1.54) is 18.0 Å². The van der Waals surface area contributed by atoms with Crippen molar-refractivity contribution in [1.82, 2.24) is 15.3 Å². The third kappa shape index (κ3) is 5.30. The Kier molecular flexibility index (Phi) is 6.57. The lowest BCUT2D eigenvalue weighted by Crippen LogP contribution is -2.26. The first kappa shape index (κ1) is 19.4. The van der Waals surface area contributed by atoms with Crippen molar-refractivity contribution in [2.45, 2.75) is 19.9 Å². The van der Waals surface area contributed by atoms with E-state index in [1.807, 2.05) is 24.3 Å². The number of nitrogens with zero attached hydrogens (tertiary/aromatic N) is 2. The first-order chi connectivity index (χ1) is 13.7. The lowest BCUT2D eigenvalue weighted by molar-refractivity contribution is 0.0953. The van der Waals surface area contributed by atoms with Crippen LogP contribution in [0.1, 0.15) is 27.0 Å². The Morgan fingerprint density at radius 1 is 1.04 bits per heavy atom. The molecular formula is C22H24N4O2. The van der Waals surface area contributed by atoms with E-state index in [0.29, 0.717) is 31.0 Å². The highest BCUT2D eigenvalue weighted by atomic mass is 16.5. The first-order valence-corrected chi connectivity index (χ1v) is 9.17. The molecule has 1 heterocycles. The number of anilines is 1. The number of carbonyl (C=O) groups excluding carboxylic acids is 1. The maximum atomic E-state index is 12.3. The zero-order valence-electron chi connectivity index (χ0n) is 16.1. The molecule has 144 valence electrons. The Balaban J connectivity index is 1.48. The summed E-state index contributed by atoms with van der Waals surface area (Å²) < 4.78 is 5.32. The molecule has 0 radical (unpaired) electrons. The molecule has 0 aliphatic carbocycles. The third-order valence-electron chi connectivity index (χ3n) is 4.36. The van der Waals surface area contributed by atoms with Crippen molar-refractivity contribution in [3.05, 3.63) is 83.2 Å². The van der Waals surface area contributed by atoms with Crippen LogP contribution in [0.15, 0.2) is 60.9 Å². The fourth-order valence-electron chi connectivity index (χ4n) is 2.75. The summed E-state index contributed by atoms with van der Waals surface area (Å²) in [5.74, 6) is 1.12. The zero-order chi connectivity index (χ0) is 19.8. The maximum absolute atomic E-state index is 12.3. The molecule has 2 aromatic carbocycles. The average molecular weight is 376 g/mol. The molecule has 2 N–H and O–H groups in total. The normalized spacial score (nSPS) is 10.4. The lowest BCUT2D eigenvalue weighted by Gasteiger charge is -2.09. The Labute approximate surface area is 165 Å². The van der Waals surface area contributed by atoms with Crippen LogP contribution in [0.3, 0.4) is 0 Å². The van der Waals surface area contributed by atoms with Gasteiger partial charge in [0.15, 0.2) is 0 Å². The van der Waals surface area contributed by atoms with Crippen LogP contribution in [-0.4, -0.2) is 29.5 Å². The van der Waals surface area contributed by atoms with Crippen molar-refractivity contribution in [2.24, 2.45) is 0 Å². The van der Waals surface area contributed by atoms with Gasteiger partial charge in [-0.2, -0.15) is 0 Å². The third-order valence-corrected chi connectivity index (χ3v) is 4.36. The molecule has 3 aromatic rings. The summed E-state index contributed by atoms with van der Waals surface area (Å²) in [6, 6.07) is 16.0. The molecule has 0 aliphatic heterocycles. The number of aryl methyl sites for hydroxylation is 1. The van der Waals surface area contributed by atoms with E-state index in [9.17, 15) is 4.79 Å². The van der Waals surface area contributed by atoms with Crippen molar-refractivity contribution in [1.29, 1.82) is 0 Å². The first-order valence-electron chi connectivity index (χ1n) is 9.17. The number of nitrogens with one attached hydrogen (secondary N) is 2. The van der Waals surface area contributed by atoms with Gasteiger partial charge in [-0.1, -0.05) is 48.0 Å². The summed E-state index contributed by atoms with van der Waals surface area (Å²) in [5, 5.41) is 6.04. The number of hydrogen-bond acceptors (Lipinski definition) is 5. The van der Waals surface area contributed by atoms with Gasteiger partial charge in [-0.05, 0) is 30.5 Å². The van der Waals surface area contributed by atoms with E-state index in [1.54, 1.807) is 7.11 Å². The lowest BCUT2D eigenvalue weighted by atomic mass is 10.1. The average Bonchev–Trinajstić information content (AvgIpc) is 2.74. The number of benzene rings is 2. The molecule has 0 saturated carbocycles. The molecule has 6 heteroatoms. The number of carbonyl (C=O) groups is 1. The Hall–Kier alpha value is -3.41. The van der Waals surface area contributed by atoms with Gasteiger partial charge in [-0.3, -0.25) is 4.79 Å². The smallest absolute Gasteiger partial charge is 0.254 e. The highest BCUT2D eigenvalue weighted by molar-refractivity contribution is 5.93. The summed E-state index contributed by atoms with van der Waals surface area (Å²) in [4.78, 5) is 20.7. The Morgan fingerprint density at radius 2 is 1.75 bits per heavy atom. The van der Waals surface area contributed by atoms with Crippen LogP contribution >= 0.6 is 0 Å². The van der Waals surface area contributed by atoms with Crippen molar-refractivity contribution in [3.63, 3.8) is 0 Å². The summed E-state index contributed by atoms with van der Waals surface area (Å²) in [5.41, 5.74) is 3.85. The van der Waals surface area contributed by atoms with Gasteiger partial charge in [0.1, 0.15) is 5.75 Å². The second kappa shape index (κ2) is 9.50. The molecular weight excluding hydrogens is 352 g/mol. The molecule has 0 fully saturated rings. The number of hydrogen-bond donors (Lipinski definition) is 2. The molecule has 3 rings (SSSR count). The van der Waals surface area contributed by atoms with E-state index in [0.717, 1.165) is 16.9 Å². The minimum Gasteiger partial charge on any atom is -0.496 e. The van der Waals surface area contributed by atoms with Gasteiger partial charge < -0.3 is 15.4 Å². The van der Waals surface area contributed by atoms with E-state index in [2.05, 4.69) is 51.8 Å². The van der Waals surface area contributed by atoms with Gasteiger partial charge in [0.2, 0.25) is 5.95 Å². The topological polar surface area (TPSA) is 76.1 Å². The van der Waals surface area contributed by atoms with Crippen molar-refractivity contribution >= 4 is 11.9 Å². The fourth-order valence-corrected chi connectivity index (χ4v) is 2.75. The second-order valence-electron chi connectivity index (χ2n) is 6.45. The number of para-hydroxylation sites is 1. The van der Waals surface area contributed by atoms with Gasteiger partial charge in [0.25, 0.3) is 5.91 Å². The molecule has 0 bridgehead atoms. The summed E-state index contributed by atoms with van der Waals surface area (Å²) in [7, 11) is 1.64. The van der Waals surface area contributed by atoms with E-state index in [-0.39, 0.29) is 5.91 Å². The van der Waals surface area contributed by atoms with Gasteiger partial charge in [-0.25, -0.2) is 9.97 Å². The number of amides is 1. The predicted molar refractivity (Wildman–Crippen MR) is 110 cm³/mol. The van der Waals surface area contributed by atoms with Crippen LogP contribution in [0.25, 0.3) is 0 Å². The SMILES string of the molecule is COc1ccccc1CCNC(=O)c1cnc(NCc2ccc(C)cc2)nc1. The van der Waals surface area contributed by atoms with E-state index < -0.39 is 0 Å². The summed E-state index contributed by atoms with van der Waals surface area (Å²) in [6.07, 6.45) is 3.75. The Morgan fingerprint density at radius 3 is 2.46 bits per heavy atom. The van der Waals surface area contributed by atoms with Gasteiger partial charge >= 0.3 is 0 Å². The molecule has 0 atom stereocenters. The monoisotopic (exact) mass is 376 g/mol. The number of aromatic nitrogens is 2. The molecule has 0 unspecified atom stereocenters. The number of ether oxygens (including phenoxy) is 1. The predicted octanol–water partition coefficient (Wildman–Crippen LogP) is 3.38. The molecule has 1 amide bonds. The molecule has 28 heavy (non-hydrogen) atoms. The van der Waals surface area contributed by atoms with Gasteiger partial charge in [0, 0.05) is 25.5 Å². The van der Waals surface area contributed by atoms with E-state index in [4.69, 9.17) is 4.74 Å².